The van der Waals surface area contributed by atoms with Crippen molar-refractivity contribution in [3.63, 3.8) is 0 Å². The van der Waals surface area contributed by atoms with Crippen LogP contribution in [-0.4, -0.2) is 17.2 Å². The minimum absolute atomic E-state index is 0.178. The molecule has 1 saturated heterocycles. The highest BCUT2D eigenvalue weighted by Crippen LogP contribution is 2.36. The van der Waals surface area contributed by atoms with Gasteiger partial charge in [0.1, 0.15) is 0 Å². The highest BCUT2D eigenvalue weighted by molar-refractivity contribution is 7.10. The predicted molar refractivity (Wildman–Crippen MR) is 97.4 cm³/mol. The van der Waals surface area contributed by atoms with Gasteiger partial charge in [0.05, 0.1) is 0 Å². The van der Waals surface area contributed by atoms with Crippen molar-refractivity contribution in [3.05, 3.63) is 56.3 Å². The minimum Gasteiger partial charge on any atom is -0.294 e. The molecule has 1 unspecified atom stereocenters. The summed E-state index contributed by atoms with van der Waals surface area (Å²) >= 11 is 1.86. The van der Waals surface area contributed by atoms with Crippen molar-refractivity contribution in [1.82, 2.24) is 4.90 Å². The van der Waals surface area contributed by atoms with Crippen LogP contribution in [0.1, 0.15) is 63.3 Å². The van der Waals surface area contributed by atoms with Crippen LogP contribution in [0.2, 0.25) is 0 Å². The van der Waals surface area contributed by atoms with Gasteiger partial charge in [-0.05, 0) is 80.8 Å². The number of carbonyl (C=O) groups excluding carboxylic acids is 1. The van der Waals surface area contributed by atoms with E-state index in [4.69, 9.17) is 0 Å². The fourth-order valence-electron chi connectivity index (χ4n) is 4.03. The molecular weight excluding hydrogens is 302 g/mol. The summed E-state index contributed by atoms with van der Waals surface area (Å²) in [5.74, 6) is 0.178. The fourth-order valence-corrected chi connectivity index (χ4v) is 4.93. The number of thiophene rings is 1. The lowest BCUT2D eigenvalue weighted by molar-refractivity contribution is 0.101. The standard InChI is InChI=1S/C20H25NOS/c1-13-11-14(2)20(16(4)22)15(3)17(13)12-21-9-5-7-18(21)19-8-6-10-23-19/h6,8,10-11,18H,5,7,9,12H2,1-4H3. The Labute approximate surface area is 143 Å². The lowest BCUT2D eigenvalue weighted by atomic mass is 9.91. The van der Waals surface area contributed by atoms with Gasteiger partial charge >= 0.3 is 0 Å². The van der Waals surface area contributed by atoms with Gasteiger partial charge in [0.2, 0.25) is 0 Å². The van der Waals surface area contributed by atoms with E-state index in [0.717, 1.165) is 24.2 Å². The summed E-state index contributed by atoms with van der Waals surface area (Å²) in [6.07, 6.45) is 2.50. The van der Waals surface area contributed by atoms with Crippen LogP contribution in [0.15, 0.2) is 23.6 Å². The van der Waals surface area contributed by atoms with E-state index in [1.165, 1.54) is 34.4 Å². The molecule has 0 saturated carbocycles. The number of aryl methyl sites for hydroxylation is 2. The van der Waals surface area contributed by atoms with Crippen LogP contribution in [0.4, 0.5) is 0 Å². The van der Waals surface area contributed by atoms with Gasteiger partial charge in [-0.15, -0.1) is 11.3 Å². The zero-order chi connectivity index (χ0) is 16.6. The van der Waals surface area contributed by atoms with Gasteiger partial charge in [0, 0.05) is 23.0 Å². The van der Waals surface area contributed by atoms with Crippen LogP contribution in [0.25, 0.3) is 0 Å². The van der Waals surface area contributed by atoms with Gasteiger partial charge in [0.25, 0.3) is 0 Å². The summed E-state index contributed by atoms with van der Waals surface area (Å²) in [5, 5.41) is 2.17. The zero-order valence-electron chi connectivity index (χ0n) is 14.5. The summed E-state index contributed by atoms with van der Waals surface area (Å²) < 4.78 is 0. The number of hydrogen-bond acceptors (Lipinski definition) is 3. The molecular formula is C20H25NOS. The van der Waals surface area contributed by atoms with E-state index in [9.17, 15) is 4.79 Å². The van der Waals surface area contributed by atoms with Crippen molar-refractivity contribution in [1.29, 1.82) is 0 Å². The number of nitrogens with zero attached hydrogens (tertiary/aromatic N) is 1. The van der Waals surface area contributed by atoms with Gasteiger partial charge in [-0.25, -0.2) is 0 Å². The predicted octanol–water partition coefficient (Wildman–Crippen LogP) is 5.21. The second kappa shape index (κ2) is 6.58. The molecule has 122 valence electrons. The van der Waals surface area contributed by atoms with Crippen LogP contribution in [0, 0.1) is 20.8 Å². The second-order valence-electron chi connectivity index (χ2n) is 6.69. The third kappa shape index (κ3) is 3.13. The quantitative estimate of drug-likeness (QED) is 0.718. The second-order valence-corrected chi connectivity index (χ2v) is 7.67. The Morgan fingerprint density at radius 2 is 2.09 bits per heavy atom. The average molecular weight is 327 g/mol. The number of benzene rings is 1. The molecule has 0 aliphatic carbocycles. The van der Waals surface area contributed by atoms with E-state index >= 15 is 0 Å². The van der Waals surface area contributed by atoms with E-state index in [0.29, 0.717) is 6.04 Å². The third-order valence-electron chi connectivity index (χ3n) is 5.08. The monoisotopic (exact) mass is 327 g/mol. The molecule has 3 heteroatoms. The Morgan fingerprint density at radius 3 is 2.74 bits per heavy atom. The maximum Gasteiger partial charge on any atom is 0.160 e. The summed E-state index contributed by atoms with van der Waals surface area (Å²) in [4.78, 5) is 16.1. The average Bonchev–Trinajstić information content (AvgIpc) is 3.13. The molecule has 1 aromatic carbocycles. The van der Waals surface area contributed by atoms with Crippen molar-refractivity contribution in [2.45, 2.75) is 53.1 Å². The fraction of sp³-hybridized carbons (Fsp3) is 0.450. The first-order chi connectivity index (χ1) is 11.0. The maximum absolute atomic E-state index is 12.0. The molecule has 23 heavy (non-hydrogen) atoms. The minimum atomic E-state index is 0.178. The summed E-state index contributed by atoms with van der Waals surface area (Å²) in [5.41, 5.74) is 5.84. The Bertz CT molecular complexity index is 718. The van der Waals surface area contributed by atoms with Crippen molar-refractivity contribution < 1.29 is 4.79 Å². The molecule has 0 N–H and O–H groups in total. The highest BCUT2D eigenvalue weighted by atomic mass is 32.1. The lowest BCUT2D eigenvalue weighted by Gasteiger charge is -2.26. The van der Waals surface area contributed by atoms with E-state index in [2.05, 4.69) is 42.3 Å². The molecule has 1 atom stereocenters. The van der Waals surface area contributed by atoms with Crippen LogP contribution in [-0.2, 0) is 6.54 Å². The Kier molecular flexibility index (Phi) is 4.69. The third-order valence-corrected chi connectivity index (χ3v) is 6.05. The van der Waals surface area contributed by atoms with E-state index in [-0.39, 0.29) is 5.78 Å². The molecule has 2 heterocycles. The molecule has 1 aliphatic rings. The van der Waals surface area contributed by atoms with Crippen LogP contribution in [0.5, 0.6) is 0 Å². The number of carbonyl (C=O) groups is 1. The van der Waals surface area contributed by atoms with E-state index in [1.807, 2.05) is 18.3 Å². The molecule has 0 amide bonds. The topological polar surface area (TPSA) is 20.3 Å². The number of hydrogen-bond donors (Lipinski definition) is 0. The lowest BCUT2D eigenvalue weighted by Crippen LogP contribution is -2.23. The van der Waals surface area contributed by atoms with E-state index < -0.39 is 0 Å². The summed E-state index contributed by atoms with van der Waals surface area (Å²) in [7, 11) is 0. The number of Topliss-reactive ketones (excluding diaryl/α,β-unsaturated/α-hetero) is 1. The largest absolute Gasteiger partial charge is 0.294 e. The van der Waals surface area contributed by atoms with Gasteiger partial charge < -0.3 is 0 Å². The molecule has 1 fully saturated rings. The molecule has 0 spiro atoms. The molecule has 0 radical (unpaired) electrons. The van der Waals surface area contributed by atoms with Crippen molar-refractivity contribution in [3.8, 4) is 0 Å². The van der Waals surface area contributed by atoms with Crippen LogP contribution >= 0.6 is 11.3 Å². The maximum atomic E-state index is 12.0. The Balaban J connectivity index is 1.93. The first-order valence-electron chi connectivity index (χ1n) is 8.37. The molecule has 0 bridgehead atoms. The number of ketones is 1. The summed E-state index contributed by atoms with van der Waals surface area (Å²) in [6, 6.07) is 7.11. The SMILES string of the molecule is CC(=O)c1c(C)cc(C)c(CN2CCCC2c2cccs2)c1C. The number of likely N-dealkylation sites (tertiary alicyclic amines) is 1. The normalized spacial score (nSPS) is 18.5. The van der Waals surface area contributed by atoms with Crippen LogP contribution in [0.3, 0.4) is 0 Å². The first-order valence-corrected chi connectivity index (χ1v) is 9.25. The smallest absolute Gasteiger partial charge is 0.160 e. The Morgan fingerprint density at radius 1 is 1.30 bits per heavy atom. The molecule has 2 aromatic rings. The van der Waals surface area contributed by atoms with Gasteiger partial charge in [0.15, 0.2) is 5.78 Å². The van der Waals surface area contributed by atoms with Crippen molar-refractivity contribution in [2.24, 2.45) is 0 Å². The highest BCUT2D eigenvalue weighted by Gasteiger charge is 2.28. The molecule has 3 rings (SSSR count). The van der Waals surface area contributed by atoms with Crippen molar-refractivity contribution in [2.75, 3.05) is 6.54 Å². The number of rotatable bonds is 4. The van der Waals surface area contributed by atoms with Gasteiger partial charge in [-0.1, -0.05) is 12.1 Å². The summed E-state index contributed by atoms with van der Waals surface area (Å²) in [6.45, 7) is 10.1. The van der Waals surface area contributed by atoms with E-state index in [1.54, 1.807) is 6.92 Å². The zero-order valence-corrected chi connectivity index (χ0v) is 15.3. The van der Waals surface area contributed by atoms with Crippen molar-refractivity contribution >= 4 is 17.1 Å². The van der Waals surface area contributed by atoms with Gasteiger partial charge in [-0.2, -0.15) is 0 Å². The van der Waals surface area contributed by atoms with Crippen LogP contribution < -0.4 is 0 Å². The molecule has 1 aliphatic heterocycles. The molecule has 1 aromatic heterocycles. The van der Waals surface area contributed by atoms with Gasteiger partial charge in [-0.3, -0.25) is 9.69 Å². The Hall–Kier alpha value is -1.45. The molecule has 2 nitrogen and oxygen atoms in total. The first kappa shape index (κ1) is 16.4.